The van der Waals surface area contributed by atoms with Crippen LogP contribution in [0.2, 0.25) is 0 Å². The van der Waals surface area contributed by atoms with Crippen LogP contribution in [-0.2, 0) is 0 Å². The van der Waals surface area contributed by atoms with Gasteiger partial charge in [0.2, 0.25) is 0 Å². The maximum atomic E-state index is 13.0. The van der Waals surface area contributed by atoms with E-state index < -0.39 is 0 Å². The van der Waals surface area contributed by atoms with Gasteiger partial charge in [-0.25, -0.2) is 4.39 Å². The molecule has 0 bridgehead atoms. The average molecular weight is 203 g/mol. The highest BCUT2D eigenvalue weighted by Crippen LogP contribution is 2.27. The lowest BCUT2D eigenvalue weighted by Gasteiger charge is -2.04. The van der Waals surface area contributed by atoms with Crippen molar-refractivity contribution in [2.45, 2.75) is 6.92 Å². The maximum Gasteiger partial charge on any atom is 0.141 e. The molecule has 1 aromatic carbocycles. The van der Waals surface area contributed by atoms with E-state index in [1.54, 1.807) is 37.4 Å². The molecule has 0 aliphatic heterocycles. The van der Waals surface area contributed by atoms with E-state index in [9.17, 15) is 9.50 Å². The number of hydrogen-bond donors (Lipinski definition) is 1. The van der Waals surface area contributed by atoms with Crippen molar-refractivity contribution in [3.05, 3.63) is 47.9 Å². The third kappa shape index (κ3) is 1.81. The molecule has 3 heteroatoms. The topological polar surface area (TPSA) is 33.1 Å². The van der Waals surface area contributed by atoms with Gasteiger partial charge in [0.25, 0.3) is 0 Å². The second kappa shape index (κ2) is 3.69. The lowest BCUT2D eigenvalue weighted by molar-refractivity contribution is 0.475. The molecule has 0 saturated heterocycles. The fourth-order valence-corrected chi connectivity index (χ4v) is 1.41. The number of aryl methyl sites for hydroxylation is 1. The summed E-state index contributed by atoms with van der Waals surface area (Å²) in [6.07, 6.45) is 1.59. The predicted octanol–water partition coefficient (Wildman–Crippen LogP) is 2.90. The molecule has 15 heavy (non-hydrogen) atoms. The van der Waals surface area contributed by atoms with Crippen molar-refractivity contribution in [2.75, 3.05) is 0 Å². The molecule has 1 heterocycles. The number of hydrogen-bond acceptors (Lipinski definition) is 2. The van der Waals surface area contributed by atoms with Gasteiger partial charge in [-0.2, -0.15) is 0 Å². The van der Waals surface area contributed by atoms with Crippen molar-refractivity contribution in [3.63, 3.8) is 0 Å². The van der Waals surface area contributed by atoms with Crippen LogP contribution in [0.1, 0.15) is 5.56 Å². The highest BCUT2D eigenvalue weighted by molar-refractivity contribution is 5.66. The lowest BCUT2D eigenvalue weighted by atomic mass is 10.1. The standard InChI is InChI=1S/C12H10FNO/c1-8-7-9(4-5-10(8)13)12-11(15)3-2-6-14-12/h2-7,15H,1H3. The molecule has 2 nitrogen and oxygen atoms in total. The molecule has 0 aliphatic rings. The first kappa shape index (κ1) is 9.65. The van der Waals surface area contributed by atoms with E-state index in [-0.39, 0.29) is 11.6 Å². The second-order valence-corrected chi connectivity index (χ2v) is 3.34. The van der Waals surface area contributed by atoms with Crippen molar-refractivity contribution in [1.29, 1.82) is 0 Å². The van der Waals surface area contributed by atoms with Crippen molar-refractivity contribution in [1.82, 2.24) is 4.98 Å². The summed E-state index contributed by atoms with van der Waals surface area (Å²) in [6.45, 7) is 1.68. The minimum atomic E-state index is -0.255. The summed E-state index contributed by atoms with van der Waals surface area (Å²) in [4.78, 5) is 4.05. The van der Waals surface area contributed by atoms with E-state index in [1.807, 2.05) is 0 Å². The first-order chi connectivity index (χ1) is 7.18. The summed E-state index contributed by atoms with van der Waals surface area (Å²) < 4.78 is 13.0. The van der Waals surface area contributed by atoms with Gasteiger partial charge in [-0.15, -0.1) is 0 Å². The van der Waals surface area contributed by atoms with Gasteiger partial charge in [-0.1, -0.05) is 0 Å². The van der Waals surface area contributed by atoms with Gasteiger partial charge in [0, 0.05) is 11.8 Å². The van der Waals surface area contributed by atoms with Gasteiger partial charge < -0.3 is 5.11 Å². The third-order valence-corrected chi connectivity index (χ3v) is 2.22. The maximum absolute atomic E-state index is 13.0. The molecule has 0 spiro atoms. The summed E-state index contributed by atoms with van der Waals surface area (Å²) in [5.41, 5.74) is 1.73. The van der Waals surface area contributed by atoms with Gasteiger partial charge in [0.1, 0.15) is 17.3 Å². The molecule has 0 amide bonds. The number of rotatable bonds is 1. The fraction of sp³-hybridized carbons (Fsp3) is 0.0833. The Labute approximate surface area is 87.0 Å². The summed E-state index contributed by atoms with van der Waals surface area (Å²) >= 11 is 0. The van der Waals surface area contributed by atoms with Crippen LogP contribution in [0.3, 0.4) is 0 Å². The van der Waals surface area contributed by atoms with Crippen molar-refractivity contribution in [3.8, 4) is 17.0 Å². The van der Waals surface area contributed by atoms with Crippen molar-refractivity contribution in [2.24, 2.45) is 0 Å². The van der Waals surface area contributed by atoms with E-state index in [0.29, 0.717) is 16.8 Å². The van der Waals surface area contributed by atoms with E-state index in [0.717, 1.165) is 0 Å². The fourth-order valence-electron chi connectivity index (χ4n) is 1.41. The number of pyridine rings is 1. The first-order valence-electron chi connectivity index (χ1n) is 4.59. The number of halogens is 1. The largest absolute Gasteiger partial charge is 0.506 e. The third-order valence-electron chi connectivity index (χ3n) is 2.22. The van der Waals surface area contributed by atoms with Gasteiger partial charge >= 0.3 is 0 Å². The number of nitrogens with zero attached hydrogens (tertiary/aromatic N) is 1. The smallest absolute Gasteiger partial charge is 0.141 e. The summed E-state index contributed by atoms with van der Waals surface area (Å²) in [5, 5.41) is 9.57. The van der Waals surface area contributed by atoms with Crippen LogP contribution in [-0.4, -0.2) is 10.1 Å². The zero-order valence-electron chi connectivity index (χ0n) is 8.24. The minimum Gasteiger partial charge on any atom is -0.506 e. The highest BCUT2D eigenvalue weighted by atomic mass is 19.1. The molecular formula is C12H10FNO. The predicted molar refractivity (Wildman–Crippen MR) is 56.0 cm³/mol. The zero-order chi connectivity index (χ0) is 10.8. The molecule has 2 aromatic rings. The van der Waals surface area contributed by atoms with Crippen molar-refractivity contribution >= 4 is 0 Å². The quantitative estimate of drug-likeness (QED) is 0.773. The summed E-state index contributed by atoms with van der Waals surface area (Å²) in [5.74, 6) is -0.155. The van der Waals surface area contributed by atoms with E-state index in [4.69, 9.17) is 0 Å². The average Bonchev–Trinajstić information content (AvgIpc) is 2.23. The monoisotopic (exact) mass is 203 g/mol. The van der Waals surface area contributed by atoms with Crippen LogP contribution in [0.25, 0.3) is 11.3 Å². The molecule has 1 N–H and O–H groups in total. The zero-order valence-corrected chi connectivity index (χ0v) is 8.24. The SMILES string of the molecule is Cc1cc(-c2ncccc2O)ccc1F. The molecule has 0 unspecified atom stereocenters. The Kier molecular flexibility index (Phi) is 2.37. The number of aromatic nitrogens is 1. The van der Waals surface area contributed by atoms with Crippen molar-refractivity contribution < 1.29 is 9.50 Å². The Morgan fingerprint density at radius 2 is 2.07 bits per heavy atom. The Morgan fingerprint density at radius 1 is 1.27 bits per heavy atom. The molecule has 76 valence electrons. The normalized spacial score (nSPS) is 10.3. The summed E-state index contributed by atoms with van der Waals surface area (Å²) in [6, 6.07) is 7.84. The second-order valence-electron chi connectivity index (χ2n) is 3.34. The molecule has 2 rings (SSSR count). The molecule has 0 saturated carbocycles. The van der Waals surface area contributed by atoms with E-state index >= 15 is 0 Å². The van der Waals surface area contributed by atoms with Crippen LogP contribution < -0.4 is 0 Å². The molecule has 0 aliphatic carbocycles. The Balaban J connectivity index is 2.55. The number of aromatic hydroxyl groups is 1. The lowest BCUT2D eigenvalue weighted by Crippen LogP contribution is -1.87. The number of benzene rings is 1. The van der Waals surface area contributed by atoms with Gasteiger partial charge in [0.05, 0.1) is 0 Å². The first-order valence-corrected chi connectivity index (χ1v) is 4.59. The Bertz CT molecular complexity index is 497. The van der Waals surface area contributed by atoms with Crippen LogP contribution in [0.15, 0.2) is 36.5 Å². The highest BCUT2D eigenvalue weighted by Gasteiger charge is 2.06. The van der Waals surface area contributed by atoms with Crippen LogP contribution in [0, 0.1) is 12.7 Å². The Morgan fingerprint density at radius 3 is 2.73 bits per heavy atom. The van der Waals surface area contributed by atoms with Crippen LogP contribution >= 0.6 is 0 Å². The molecule has 0 fully saturated rings. The molecule has 0 radical (unpaired) electrons. The van der Waals surface area contributed by atoms with E-state index in [1.165, 1.54) is 6.07 Å². The Hall–Kier alpha value is -1.90. The van der Waals surface area contributed by atoms with E-state index in [2.05, 4.69) is 4.98 Å². The summed E-state index contributed by atoms with van der Waals surface area (Å²) in [7, 11) is 0. The minimum absolute atomic E-state index is 0.100. The molecular weight excluding hydrogens is 193 g/mol. The molecule has 0 atom stereocenters. The molecule has 1 aromatic heterocycles. The van der Waals surface area contributed by atoms with Crippen LogP contribution in [0.5, 0.6) is 5.75 Å². The van der Waals surface area contributed by atoms with Crippen LogP contribution in [0.4, 0.5) is 4.39 Å². The van der Waals surface area contributed by atoms with Gasteiger partial charge in [-0.05, 0) is 42.8 Å². The van der Waals surface area contributed by atoms with Gasteiger partial charge in [-0.3, -0.25) is 4.98 Å². The van der Waals surface area contributed by atoms with Gasteiger partial charge in [0.15, 0.2) is 0 Å².